The lowest BCUT2D eigenvalue weighted by molar-refractivity contribution is -0.124. The number of hydrogen-bond acceptors (Lipinski definition) is 3. The number of nitrogens with two attached hydrogens (primary N) is 1. The maximum absolute atomic E-state index is 11.7. The van der Waals surface area contributed by atoms with Crippen LogP contribution in [0.25, 0.3) is 0 Å². The van der Waals surface area contributed by atoms with Gasteiger partial charge in [0.05, 0.1) is 6.10 Å². The quantitative estimate of drug-likeness (QED) is 0.724. The van der Waals surface area contributed by atoms with Crippen LogP contribution in [0, 0.1) is 5.92 Å². The fourth-order valence-corrected chi connectivity index (χ4v) is 2.74. The van der Waals surface area contributed by atoms with Crippen molar-refractivity contribution in [3.05, 3.63) is 0 Å². The van der Waals surface area contributed by atoms with Gasteiger partial charge >= 0.3 is 0 Å². The van der Waals surface area contributed by atoms with E-state index in [-0.39, 0.29) is 12.0 Å². The van der Waals surface area contributed by atoms with Crippen LogP contribution in [0.15, 0.2) is 0 Å². The van der Waals surface area contributed by atoms with E-state index < -0.39 is 5.54 Å². The monoisotopic (exact) mass is 238 g/mol. The molecule has 0 aromatic heterocycles. The van der Waals surface area contributed by atoms with Gasteiger partial charge in [0.1, 0.15) is 5.54 Å². The van der Waals surface area contributed by atoms with Crippen LogP contribution in [-0.2, 0) is 9.53 Å². The average Bonchev–Trinajstić information content (AvgIpc) is 3.18. The Morgan fingerprint density at radius 3 is 2.65 bits per heavy atom. The summed E-state index contributed by atoms with van der Waals surface area (Å²) in [5, 5.41) is 3.44. The molecule has 3 fully saturated rings. The Hall–Kier alpha value is -0.610. The number of carbonyl (C=O) groups excluding carboxylic acids is 1. The number of ether oxygens (including phenoxy) is 1. The summed E-state index contributed by atoms with van der Waals surface area (Å²) in [6.07, 6.45) is 7.80. The maximum Gasteiger partial charge on any atom is 0.237 e. The van der Waals surface area contributed by atoms with E-state index in [0.717, 1.165) is 31.8 Å². The van der Waals surface area contributed by atoms with Crippen LogP contribution in [0.2, 0.25) is 0 Å². The number of amides is 1. The Morgan fingerprint density at radius 2 is 2.06 bits per heavy atom. The minimum absolute atomic E-state index is 0.193. The van der Waals surface area contributed by atoms with Crippen molar-refractivity contribution in [2.75, 3.05) is 6.61 Å². The van der Waals surface area contributed by atoms with Crippen LogP contribution in [0.3, 0.4) is 0 Å². The first-order chi connectivity index (χ1) is 8.18. The lowest BCUT2D eigenvalue weighted by Gasteiger charge is -2.27. The van der Waals surface area contributed by atoms with E-state index in [4.69, 9.17) is 10.5 Å². The van der Waals surface area contributed by atoms with Crippen LogP contribution < -0.4 is 11.1 Å². The molecular weight excluding hydrogens is 216 g/mol. The van der Waals surface area contributed by atoms with Gasteiger partial charge in [-0.15, -0.1) is 0 Å². The summed E-state index contributed by atoms with van der Waals surface area (Å²) in [6, 6.07) is 0.518. The highest BCUT2D eigenvalue weighted by atomic mass is 16.5. The van der Waals surface area contributed by atoms with E-state index >= 15 is 0 Å². The summed E-state index contributed by atoms with van der Waals surface area (Å²) in [5.41, 5.74) is 5.11. The summed E-state index contributed by atoms with van der Waals surface area (Å²) in [7, 11) is 0. The van der Waals surface area contributed by atoms with Crippen LogP contribution in [0.4, 0.5) is 0 Å². The number of nitrogens with one attached hydrogen (secondary N) is 1. The molecule has 1 amide bonds. The van der Waals surface area contributed by atoms with Crippen molar-refractivity contribution >= 4 is 5.91 Å². The molecule has 4 nitrogen and oxygen atoms in total. The van der Waals surface area contributed by atoms with Crippen molar-refractivity contribution in [1.82, 2.24) is 5.32 Å². The normalized spacial score (nSPS) is 37.3. The van der Waals surface area contributed by atoms with Gasteiger partial charge < -0.3 is 15.8 Å². The Kier molecular flexibility index (Phi) is 2.87. The predicted octanol–water partition coefficient (Wildman–Crippen LogP) is 0.942. The third-order valence-corrected chi connectivity index (χ3v) is 4.26. The van der Waals surface area contributed by atoms with E-state index in [1.807, 2.05) is 0 Å². The van der Waals surface area contributed by atoms with E-state index in [1.54, 1.807) is 0 Å². The molecule has 96 valence electrons. The molecule has 17 heavy (non-hydrogen) atoms. The van der Waals surface area contributed by atoms with Gasteiger partial charge in [0, 0.05) is 19.1 Å². The molecule has 3 N–H and O–H groups in total. The predicted molar refractivity (Wildman–Crippen MR) is 64.4 cm³/mol. The summed E-state index contributed by atoms with van der Waals surface area (Å²) < 4.78 is 5.89. The molecule has 0 heterocycles. The first-order valence-electron chi connectivity index (χ1n) is 6.87. The van der Waals surface area contributed by atoms with Gasteiger partial charge in [0.25, 0.3) is 0 Å². The molecule has 4 heteroatoms. The van der Waals surface area contributed by atoms with Gasteiger partial charge in [-0.2, -0.15) is 0 Å². The van der Waals surface area contributed by atoms with Gasteiger partial charge in [-0.25, -0.2) is 0 Å². The highest BCUT2D eigenvalue weighted by molar-refractivity contribution is 5.85. The Bertz CT molecular complexity index is 313. The third-order valence-electron chi connectivity index (χ3n) is 4.26. The van der Waals surface area contributed by atoms with Crippen molar-refractivity contribution in [2.24, 2.45) is 11.7 Å². The third kappa shape index (κ3) is 2.63. The summed E-state index contributed by atoms with van der Waals surface area (Å²) in [5.74, 6) is 0.594. The van der Waals surface area contributed by atoms with Gasteiger partial charge in [-0.1, -0.05) is 0 Å². The Labute approximate surface area is 102 Å². The molecule has 2 atom stereocenters. The molecular formula is C13H22N2O2. The lowest BCUT2D eigenvalue weighted by atomic mass is 9.96. The number of rotatable bonds is 6. The SMILES string of the molecule is NC(=O)C1(NC2CC2)CCC(OCC2CC2)C1. The standard InChI is InChI=1S/C13H22N2O2/c14-12(16)13(15-10-3-4-10)6-5-11(7-13)17-8-9-1-2-9/h9-11,15H,1-8H2,(H2,14,16). The van der Waals surface area contributed by atoms with Crippen molar-refractivity contribution in [1.29, 1.82) is 0 Å². The largest absolute Gasteiger partial charge is 0.378 e. The second-order valence-electron chi connectivity index (χ2n) is 6.01. The molecule has 3 rings (SSSR count). The van der Waals surface area contributed by atoms with Crippen LogP contribution in [-0.4, -0.2) is 30.2 Å². The topological polar surface area (TPSA) is 64.4 Å². The van der Waals surface area contributed by atoms with Gasteiger partial charge in [-0.05, 0) is 44.4 Å². The second-order valence-corrected chi connectivity index (χ2v) is 6.01. The molecule has 2 unspecified atom stereocenters. The molecule has 0 spiro atoms. The fraction of sp³-hybridized carbons (Fsp3) is 0.923. The highest BCUT2D eigenvalue weighted by Crippen LogP contribution is 2.37. The fourth-order valence-electron chi connectivity index (χ4n) is 2.74. The smallest absolute Gasteiger partial charge is 0.237 e. The highest BCUT2D eigenvalue weighted by Gasteiger charge is 2.47. The molecule has 0 radical (unpaired) electrons. The zero-order valence-corrected chi connectivity index (χ0v) is 10.3. The van der Waals surface area contributed by atoms with Crippen molar-refractivity contribution in [3.63, 3.8) is 0 Å². The lowest BCUT2D eigenvalue weighted by Crippen LogP contribution is -2.54. The molecule has 0 aromatic rings. The summed E-state index contributed by atoms with van der Waals surface area (Å²) in [6.45, 7) is 0.878. The van der Waals surface area contributed by atoms with Crippen molar-refractivity contribution < 1.29 is 9.53 Å². The van der Waals surface area contributed by atoms with Crippen LogP contribution >= 0.6 is 0 Å². The molecule has 0 aliphatic heterocycles. The van der Waals surface area contributed by atoms with E-state index in [2.05, 4.69) is 5.32 Å². The zero-order chi connectivity index (χ0) is 11.9. The summed E-state index contributed by atoms with van der Waals surface area (Å²) >= 11 is 0. The Morgan fingerprint density at radius 1 is 1.29 bits per heavy atom. The first kappa shape index (κ1) is 11.5. The zero-order valence-electron chi connectivity index (χ0n) is 10.3. The number of hydrogen-bond donors (Lipinski definition) is 2. The van der Waals surface area contributed by atoms with Crippen molar-refractivity contribution in [3.8, 4) is 0 Å². The maximum atomic E-state index is 11.7. The molecule has 0 bridgehead atoms. The molecule has 3 aliphatic rings. The van der Waals surface area contributed by atoms with Crippen LogP contribution in [0.1, 0.15) is 44.9 Å². The van der Waals surface area contributed by atoms with Gasteiger partial charge in [-0.3, -0.25) is 4.79 Å². The van der Waals surface area contributed by atoms with E-state index in [1.165, 1.54) is 25.7 Å². The average molecular weight is 238 g/mol. The molecule has 3 saturated carbocycles. The minimum Gasteiger partial charge on any atom is -0.378 e. The number of primary amides is 1. The Balaban J connectivity index is 1.55. The van der Waals surface area contributed by atoms with Crippen LogP contribution in [0.5, 0.6) is 0 Å². The summed E-state index contributed by atoms with van der Waals surface area (Å²) in [4.78, 5) is 11.7. The number of carbonyl (C=O) groups is 1. The molecule has 3 aliphatic carbocycles. The van der Waals surface area contributed by atoms with E-state index in [9.17, 15) is 4.79 Å². The van der Waals surface area contributed by atoms with Gasteiger partial charge in [0.15, 0.2) is 0 Å². The van der Waals surface area contributed by atoms with Crippen molar-refractivity contribution in [2.45, 2.75) is 62.6 Å². The molecule has 0 aromatic carbocycles. The molecule has 0 saturated heterocycles. The second kappa shape index (κ2) is 4.25. The van der Waals surface area contributed by atoms with E-state index in [0.29, 0.717) is 6.04 Å². The first-order valence-corrected chi connectivity index (χ1v) is 6.87. The minimum atomic E-state index is -0.477. The van der Waals surface area contributed by atoms with Gasteiger partial charge in [0.2, 0.25) is 5.91 Å².